The number of benzene rings is 1. The molecule has 1 unspecified atom stereocenters. The summed E-state index contributed by atoms with van der Waals surface area (Å²) in [6, 6.07) is 5.27. The van der Waals surface area contributed by atoms with Crippen LogP contribution in [0.3, 0.4) is 0 Å². The van der Waals surface area contributed by atoms with Crippen molar-refractivity contribution in [1.82, 2.24) is 10.2 Å². The number of amides is 1. The molecule has 100 valence electrons. The highest BCUT2D eigenvalue weighted by atomic mass is 35.5. The Morgan fingerprint density at radius 3 is 2.83 bits per heavy atom. The Kier molecular flexibility index (Phi) is 5.73. The molecule has 0 bridgehead atoms. The zero-order chi connectivity index (χ0) is 12.4. The van der Waals surface area contributed by atoms with Gasteiger partial charge >= 0.3 is 0 Å². The van der Waals surface area contributed by atoms with E-state index in [1.54, 1.807) is 23.1 Å². The van der Waals surface area contributed by atoms with Gasteiger partial charge in [-0.3, -0.25) is 4.79 Å². The van der Waals surface area contributed by atoms with Crippen LogP contribution in [-0.4, -0.2) is 36.5 Å². The highest BCUT2D eigenvalue weighted by Crippen LogP contribution is 2.22. The number of carbonyl (C=O) groups excluding carboxylic acids is 1. The molecule has 1 aliphatic heterocycles. The van der Waals surface area contributed by atoms with Gasteiger partial charge in [-0.1, -0.05) is 23.2 Å². The minimum absolute atomic E-state index is 0. The van der Waals surface area contributed by atoms with Crippen molar-refractivity contribution in [3.8, 4) is 0 Å². The highest BCUT2D eigenvalue weighted by Gasteiger charge is 2.23. The van der Waals surface area contributed by atoms with E-state index in [4.69, 9.17) is 23.2 Å². The van der Waals surface area contributed by atoms with E-state index in [0.717, 1.165) is 6.54 Å². The predicted molar refractivity (Wildman–Crippen MR) is 77.1 cm³/mol. The molecule has 1 fully saturated rings. The Hall–Kier alpha value is -0.480. The van der Waals surface area contributed by atoms with Crippen LogP contribution in [0, 0.1) is 0 Å². The number of hydrogen-bond acceptors (Lipinski definition) is 2. The zero-order valence-electron chi connectivity index (χ0n) is 9.95. The second-order valence-corrected chi connectivity index (χ2v) is 5.07. The van der Waals surface area contributed by atoms with Gasteiger partial charge in [0.05, 0.1) is 10.6 Å². The van der Waals surface area contributed by atoms with E-state index in [-0.39, 0.29) is 18.3 Å². The van der Waals surface area contributed by atoms with Gasteiger partial charge < -0.3 is 10.2 Å². The van der Waals surface area contributed by atoms with E-state index in [1.165, 1.54) is 0 Å². The molecule has 18 heavy (non-hydrogen) atoms. The van der Waals surface area contributed by atoms with Gasteiger partial charge in [0.25, 0.3) is 5.91 Å². The Bertz CT molecular complexity index is 439. The lowest BCUT2D eigenvalue weighted by molar-refractivity contribution is 0.0709. The van der Waals surface area contributed by atoms with Crippen LogP contribution in [0.2, 0.25) is 10.0 Å². The number of piperazine rings is 1. The summed E-state index contributed by atoms with van der Waals surface area (Å²) >= 11 is 11.9. The highest BCUT2D eigenvalue weighted by molar-refractivity contribution is 6.35. The molecule has 1 N–H and O–H groups in total. The van der Waals surface area contributed by atoms with Crippen LogP contribution in [0.5, 0.6) is 0 Å². The van der Waals surface area contributed by atoms with Crippen molar-refractivity contribution in [3.05, 3.63) is 33.8 Å². The van der Waals surface area contributed by atoms with E-state index in [9.17, 15) is 4.79 Å². The van der Waals surface area contributed by atoms with Crippen molar-refractivity contribution in [2.75, 3.05) is 19.6 Å². The minimum atomic E-state index is -0.0501. The van der Waals surface area contributed by atoms with Gasteiger partial charge in [-0.2, -0.15) is 0 Å². The average Bonchev–Trinajstić information content (AvgIpc) is 2.31. The van der Waals surface area contributed by atoms with Crippen LogP contribution < -0.4 is 5.32 Å². The summed E-state index contributed by atoms with van der Waals surface area (Å²) in [5.41, 5.74) is 0.480. The van der Waals surface area contributed by atoms with Crippen molar-refractivity contribution in [1.29, 1.82) is 0 Å². The molecule has 1 atom stereocenters. The second kappa shape index (κ2) is 6.62. The summed E-state index contributed by atoms with van der Waals surface area (Å²) in [7, 11) is 0. The van der Waals surface area contributed by atoms with Gasteiger partial charge in [0.2, 0.25) is 0 Å². The number of halogens is 3. The molecule has 1 amide bonds. The van der Waals surface area contributed by atoms with E-state index in [0.29, 0.717) is 34.7 Å². The zero-order valence-corrected chi connectivity index (χ0v) is 12.3. The third-order valence-corrected chi connectivity index (χ3v) is 3.38. The summed E-state index contributed by atoms with van der Waals surface area (Å²) in [6.45, 7) is 4.26. The molecule has 1 aliphatic rings. The predicted octanol–water partition coefficient (Wildman–Crippen LogP) is 2.85. The Morgan fingerprint density at radius 2 is 2.17 bits per heavy atom. The first-order chi connectivity index (χ1) is 8.08. The molecule has 0 radical (unpaired) electrons. The molecule has 1 aromatic carbocycles. The van der Waals surface area contributed by atoms with Crippen LogP contribution in [0.15, 0.2) is 18.2 Å². The average molecular weight is 310 g/mol. The smallest absolute Gasteiger partial charge is 0.255 e. The molecule has 0 spiro atoms. The standard InChI is InChI=1S/C12H14Cl2N2O.ClH/c1-8-7-16(5-4-15-8)12(17)10-6-9(13)2-3-11(10)14;/h2-3,6,8,15H,4-5,7H2,1H3;1H. The van der Waals surface area contributed by atoms with Crippen LogP contribution in [0.4, 0.5) is 0 Å². The molecule has 3 nitrogen and oxygen atoms in total. The van der Waals surface area contributed by atoms with Gasteiger partial charge in [-0.05, 0) is 25.1 Å². The van der Waals surface area contributed by atoms with Crippen molar-refractivity contribution < 1.29 is 4.79 Å². The van der Waals surface area contributed by atoms with Crippen molar-refractivity contribution >= 4 is 41.5 Å². The normalized spacial score (nSPS) is 19.3. The molecule has 1 aromatic rings. The molecule has 0 saturated carbocycles. The van der Waals surface area contributed by atoms with Crippen LogP contribution >= 0.6 is 35.6 Å². The molecule has 6 heteroatoms. The number of nitrogens with one attached hydrogen (secondary N) is 1. The largest absolute Gasteiger partial charge is 0.336 e. The van der Waals surface area contributed by atoms with Gasteiger partial charge in [-0.25, -0.2) is 0 Å². The molecular formula is C12H15Cl3N2O. The first kappa shape index (κ1) is 15.6. The number of hydrogen-bond donors (Lipinski definition) is 1. The Balaban J connectivity index is 0.00000162. The fourth-order valence-electron chi connectivity index (χ4n) is 1.95. The molecule has 2 rings (SSSR count). The SMILES string of the molecule is CC1CN(C(=O)c2cc(Cl)ccc2Cl)CCN1.Cl. The van der Waals surface area contributed by atoms with E-state index < -0.39 is 0 Å². The van der Waals surface area contributed by atoms with Crippen molar-refractivity contribution in [2.45, 2.75) is 13.0 Å². The maximum absolute atomic E-state index is 12.3. The van der Waals surface area contributed by atoms with Gasteiger partial charge in [0.1, 0.15) is 0 Å². The maximum Gasteiger partial charge on any atom is 0.255 e. The lowest BCUT2D eigenvalue weighted by Gasteiger charge is -2.32. The summed E-state index contributed by atoms with van der Waals surface area (Å²) in [5.74, 6) is -0.0501. The monoisotopic (exact) mass is 308 g/mol. The van der Waals surface area contributed by atoms with Gasteiger partial charge in [0.15, 0.2) is 0 Å². The number of rotatable bonds is 1. The lowest BCUT2D eigenvalue weighted by atomic mass is 10.1. The lowest BCUT2D eigenvalue weighted by Crippen LogP contribution is -2.51. The maximum atomic E-state index is 12.3. The first-order valence-electron chi connectivity index (χ1n) is 5.55. The van der Waals surface area contributed by atoms with E-state index >= 15 is 0 Å². The fraction of sp³-hybridized carbons (Fsp3) is 0.417. The van der Waals surface area contributed by atoms with Crippen LogP contribution in [0.1, 0.15) is 17.3 Å². The summed E-state index contributed by atoms with van der Waals surface area (Å²) in [6.07, 6.45) is 0. The van der Waals surface area contributed by atoms with Crippen molar-refractivity contribution in [2.24, 2.45) is 0 Å². The van der Waals surface area contributed by atoms with Crippen LogP contribution in [-0.2, 0) is 0 Å². The number of carbonyl (C=O) groups is 1. The summed E-state index contributed by atoms with van der Waals surface area (Å²) in [5, 5.41) is 4.27. The second-order valence-electron chi connectivity index (χ2n) is 4.23. The van der Waals surface area contributed by atoms with Gasteiger partial charge in [0, 0.05) is 30.7 Å². The quantitative estimate of drug-likeness (QED) is 0.865. The van der Waals surface area contributed by atoms with Gasteiger partial charge in [-0.15, -0.1) is 12.4 Å². The third-order valence-electron chi connectivity index (χ3n) is 2.81. The van der Waals surface area contributed by atoms with Crippen molar-refractivity contribution in [3.63, 3.8) is 0 Å². The third kappa shape index (κ3) is 3.51. The molecule has 0 aromatic heterocycles. The minimum Gasteiger partial charge on any atom is -0.336 e. The molecular weight excluding hydrogens is 295 g/mol. The fourth-order valence-corrected chi connectivity index (χ4v) is 2.32. The summed E-state index contributed by atoms with van der Waals surface area (Å²) < 4.78 is 0. The van der Waals surface area contributed by atoms with Crippen LogP contribution in [0.25, 0.3) is 0 Å². The topological polar surface area (TPSA) is 32.3 Å². The molecule has 0 aliphatic carbocycles. The van der Waals surface area contributed by atoms with E-state index in [2.05, 4.69) is 12.2 Å². The Morgan fingerprint density at radius 1 is 1.44 bits per heavy atom. The number of nitrogens with zero attached hydrogens (tertiary/aromatic N) is 1. The Labute approximate surface area is 123 Å². The molecule has 1 heterocycles. The van der Waals surface area contributed by atoms with E-state index in [1.807, 2.05) is 0 Å². The summed E-state index contributed by atoms with van der Waals surface area (Å²) in [4.78, 5) is 14.1. The molecule has 1 saturated heterocycles. The first-order valence-corrected chi connectivity index (χ1v) is 6.31.